The van der Waals surface area contributed by atoms with Crippen LogP contribution in [0, 0.1) is 5.92 Å². The van der Waals surface area contributed by atoms with Crippen molar-refractivity contribution in [2.24, 2.45) is 13.0 Å². The number of hydrogen-bond acceptors (Lipinski definition) is 2. The fourth-order valence-electron chi connectivity index (χ4n) is 2.42. The van der Waals surface area contributed by atoms with E-state index in [9.17, 15) is 0 Å². The lowest BCUT2D eigenvalue weighted by molar-refractivity contribution is 0.221. The van der Waals surface area contributed by atoms with Crippen molar-refractivity contribution < 1.29 is 0 Å². The molecule has 0 saturated carbocycles. The topological polar surface area (TPSA) is 21.1 Å². The zero-order valence-corrected chi connectivity index (χ0v) is 14.6. The Hall–Kier alpha value is -0.350. The molecule has 0 N–H and O–H groups in total. The van der Waals surface area contributed by atoms with Crippen LogP contribution in [-0.4, -0.2) is 27.8 Å². The average Bonchev–Trinajstić information content (AvgIpc) is 2.70. The molecule has 0 radical (unpaired) electrons. The summed E-state index contributed by atoms with van der Waals surface area (Å²) in [6.07, 6.45) is 3.51. The van der Waals surface area contributed by atoms with Crippen molar-refractivity contribution in [3.63, 3.8) is 0 Å². The summed E-state index contributed by atoms with van der Waals surface area (Å²) in [7, 11) is 2.05. The molecular formula is C15H28BrN3. The Morgan fingerprint density at radius 2 is 1.84 bits per heavy atom. The maximum absolute atomic E-state index is 4.58. The van der Waals surface area contributed by atoms with Crippen LogP contribution in [0.4, 0.5) is 0 Å². The second kappa shape index (κ2) is 8.05. The van der Waals surface area contributed by atoms with Crippen LogP contribution in [0.3, 0.4) is 0 Å². The van der Waals surface area contributed by atoms with E-state index in [0.717, 1.165) is 31.1 Å². The third kappa shape index (κ3) is 4.32. The lowest BCUT2D eigenvalue weighted by atomic mass is 10.0. The molecule has 19 heavy (non-hydrogen) atoms. The van der Waals surface area contributed by atoms with Crippen LogP contribution < -0.4 is 0 Å². The van der Waals surface area contributed by atoms with E-state index in [4.69, 9.17) is 0 Å². The molecule has 1 rings (SSSR count). The normalized spacial score (nSPS) is 11.8. The predicted molar refractivity (Wildman–Crippen MR) is 85.3 cm³/mol. The van der Waals surface area contributed by atoms with Crippen LogP contribution in [-0.2, 0) is 20.0 Å². The first kappa shape index (κ1) is 16.7. The fraction of sp³-hybridized carbons (Fsp3) is 0.800. The minimum absolute atomic E-state index is 0.803. The smallest absolute Gasteiger partial charge is 0.0767 e. The first-order chi connectivity index (χ1) is 9.07. The summed E-state index contributed by atoms with van der Waals surface area (Å²) in [5.41, 5.74) is 2.46. The van der Waals surface area contributed by atoms with Gasteiger partial charge in [-0.2, -0.15) is 5.10 Å². The third-order valence-corrected chi connectivity index (χ3v) is 4.91. The van der Waals surface area contributed by atoms with Crippen molar-refractivity contribution in [2.75, 3.05) is 13.1 Å². The molecule has 0 saturated heterocycles. The van der Waals surface area contributed by atoms with Gasteiger partial charge in [-0.15, -0.1) is 0 Å². The lowest BCUT2D eigenvalue weighted by Gasteiger charge is -2.25. The Morgan fingerprint density at radius 3 is 2.26 bits per heavy atom. The largest absolute Gasteiger partial charge is 0.297 e. The summed E-state index contributed by atoms with van der Waals surface area (Å²) < 4.78 is 3.22. The molecule has 0 spiro atoms. The van der Waals surface area contributed by atoms with Gasteiger partial charge < -0.3 is 0 Å². The molecule has 0 aliphatic carbocycles. The maximum atomic E-state index is 4.58. The SMILES string of the molecule is CCc1nn(C)c(CN(CC)CC(CC)CC)c1Br. The maximum Gasteiger partial charge on any atom is 0.0767 e. The number of rotatable bonds is 8. The zero-order valence-electron chi connectivity index (χ0n) is 13.0. The molecule has 0 bridgehead atoms. The molecule has 4 heteroatoms. The summed E-state index contributed by atoms with van der Waals surface area (Å²) in [5.74, 6) is 0.803. The van der Waals surface area contributed by atoms with Crippen molar-refractivity contribution >= 4 is 15.9 Å². The van der Waals surface area contributed by atoms with Crippen molar-refractivity contribution in [1.82, 2.24) is 14.7 Å². The number of nitrogens with zero attached hydrogens (tertiary/aromatic N) is 3. The number of aryl methyl sites for hydroxylation is 2. The van der Waals surface area contributed by atoms with Crippen LogP contribution in [0.5, 0.6) is 0 Å². The van der Waals surface area contributed by atoms with E-state index in [1.54, 1.807) is 0 Å². The second-order valence-corrected chi connectivity index (χ2v) is 5.99. The molecule has 0 amide bonds. The highest BCUT2D eigenvalue weighted by Gasteiger charge is 2.17. The molecule has 0 fully saturated rings. The van der Waals surface area contributed by atoms with Gasteiger partial charge in [0.05, 0.1) is 15.9 Å². The zero-order chi connectivity index (χ0) is 14.4. The average molecular weight is 330 g/mol. The van der Waals surface area contributed by atoms with Crippen molar-refractivity contribution in [3.8, 4) is 0 Å². The van der Waals surface area contributed by atoms with E-state index >= 15 is 0 Å². The summed E-state index contributed by atoms with van der Waals surface area (Å²) in [6.45, 7) is 12.2. The molecule has 1 heterocycles. The van der Waals surface area contributed by atoms with Gasteiger partial charge in [-0.1, -0.05) is 40.5 Å². The van der Waals surface area contributed by atoms with E-state index in [0.29, 0.717) is 0 Å². The van der Waals surface area contributed by atoms with Crippen LogP contribution in [0.1, 0.15) is 51.9 Å². The van der Waals surface area contributed by atoms with Crippen molar-refractivity contribution in [1.29, 1.82) is 0 Å². The van der Waals surface area contributed by atoms with Crippen molar-refractivity contribution in [2.45, 2.75) is 53.5 Å². The van der Waals surface area contributed by atoms with Crippen molar-refractivity contribution in [3.05, 3.63) is 15.9 Å². The minimum Gasteiger partial charge on any atom is -0.297 e. The molecule has 0 aliphatic rings. The van der Waals surface area contributed by atoms with E-state index in [1.807, 2.05) is 11.7 Å². The quantitative estimate of drug-likeness (QED) is 0.718. The Labute approximate surface area is 126 Å². The molecule has 0 aromatic carbocycles. The summed E-state index contributed by atoms with van der Waals surface area (Å²) >= 11 is 3.71. The number of hydrogen-bond donors (Lipinski definition) is 0. The van der Waals surface area contributed by atoms with Gasteiger partial charge in [0.15, 0.2) is 0 Å². The lowest BCUT2D eigenvalue weighted by Crippen LogP contribution is -2.29. The molecule has 110 valence electrons. The van der Waals surface area contributed by atoms with Crippen LogP contribution in [0.25, 0.3) is 0 Å². The van der Waals surface area contributed by atoms with Gasteiger partial charge in [0, 0.05) is 20.1 Å². The summed E-state index contributed by atoms with van der Waals surface area (Å²) in [4.78, 5) is 2.53. The van der Waals surface area contributed by atoms with E-state index in [1.165, 1.54) is 29.6 Å². The first-order valence-electron chi connectivity index (χ1n) is 7.49. The highest BCUT2D eigenvalue weighted by molar-refractivity contribution is 9.10. The molecule has 1 aromatic heterocycles. The molecule has 1 aromatic rings. The van der Waals surface area contributed by atoms with Gasteiger partial charge >= 0.3 is 0 Å². The van der Waals surface area contributed by atoms with Gasteiger partial charge in [-0.3, -0.25) is 9.58 Å². The highest BCUT2D eigenvalue weighted by Crippen LogP contribution is 2.23. The number of halogens is 1. The van der Waals surface area contributed by atoms with Gasteiger partial charge in [0.25, 0.3) is 0 Å². The van der Waals surface area contributed by atoms with Crippen LogP contribution in [0.15, 0.2) is 4.47 Å². The van der Waals surface area contributed by atoms with Crippen LogP contribution >= 0.6 is 15.9 Å². The monoisotopic (exact) mass is 329 g/mol. The highest BCUT2D eigenvalue weighted by atomic mass is 79.9. The van der Waals surface area contributed by atoms with Crippen LogP contribution in [0.2, 0.25) is 0 Å². The molecular weight excluding hydrogens is 302 g/mol. The standard InChI is InChI=1S/C15H28BrN3/c1-6-12(7-2)10-19(9-4)11-14-15(16)13(8-3)17-18(14)5/h12H,6-11H2,1-5H3. The molecule has 3 nitrogen and oxygen atoms in total. The van der Waals surface area contributed by atoms with Gasteiger partial charge in [0.1, 0.15) is 0 Å². The van der Waals surface area contributed by atoms with E-state index < -0.39 is 0 Å². The minimum atomic E-state index is 0.803. The third-order valence-electron chi connectivity index (χ3n) is 3.99. The molecule has 0 unspecified atom stereocenters. The Balaban J connectivity index is 2.78. The first-order valence-corrected chi connectivity index (χ1v) is 8.29. The predicted octanol–water partition coefficient (Wildman–Crippen LogP) is 4.00. The van der Waals surface area contributed by atoms with E-state index in [2.05, 4.69) is 53.6 Å². The van der Waals surface area contributed by atoms with Gasteiger partial charge in [-0.05, 0) is 34.8 Å². The fourth-order valence-corrected chi connectivity index (χ4v) is 3.16. The molecule has 0 aliphatic heterocycles. The summed E-state index contributed by atoms with van der Waals surface area (Å²) in [5, 5.41) is 4.58. The molecule has 0 atom stereocenters. The second-order valence-electron chi connectivity index (χ2n) is 5.19. The number of aromatic nitrogens is 2. The Kier molecular flexibility index (Phi) is 7.08. The van der Waals surface area contributed by atoms with E-state index in [-0.39, 0.29) is 0 Å². The van der Waals surface area contributed by atoms with Gasteiger partial charge in [0.2, 0.25) is 0 Å². The Morgan fingerprint density at radius 1 is 1.21 bits per heavy atom. The van der Waals surface area contributed by atoms with Gasteiger partial charge in [-0.25, -0.2) is 0 Å². The summed E-state index contributed by atoms with van der Waals surface area (Å²) in [6, 6.07) is 0. The Bertz CT molecular complexity index is 383.